The molecule has 1 atom stereocenters. The summed E-state index contributed by atoms with van der Waals surface area (Å²) in [4.78, 5) is 13.3. The van der Waals surface area contributed by atoms with Crippen LogP contribution in [-0.4, -0.2) is 43.5 Å². The number of carbonyl (C=O) groups excluding carboxylic acids is 1. The molecular weight excluding hydrogens is 280 g/mol. The highest BCUT2D eigenvalue weighted by atomic mass is 35.5. The first-order chi connectivity index (χ1) is 8.45. The van der Waals surface area contributed by atoms with Crippen molar-refractivity contribution in [2.24, 2.45) is 0 Å². The standard InChI is InChI=1S/C12H14Cl2FNO2/c1-16(6-9(14)7-18-2)12(17)10-5-8(13)3-4-11(10)15/h3-5,9H,6-7H2,1-2H3. The summed E-state index contributed by atoms with van der Waals surface area (Å²) in [6.07, 6.45) is 0. The highest BCUT2D eigenvalue weighted by molar-refractivity contribution is 6.31. The van der Waals surface area contributed by atoms with Crippen LogP contribution in [0, 0.1) is 5.82 Å². The number of ether oxygens (including phenoxy) is 1. The maximum absolute atomic E-state index is 13.5. The Balaban J connectivity index is 2.77. The number of amides is 1. The number of benzene rings is 1. The highest BCUT2D eigenvalue weighted by Gasteiger charge is 2.19. The molecule has 1 aromatic carbocycles. The number of hydrogen-bond acceptors (Lipinski definition) is 2. The molecule has 0 fully saturated rings. The summed E-state index contributed by atoms with van der Waals surface area (Å²) in [6, 6.07) is 3.86. The molecule has 0 aliphatic rings. The summed E-state index contributed by atoms with van der Waals surface area (Å²) in [5, 5.41) is -0.0290. The number of hydrogen-bond donors (Lipinski definition) is 0. The Kier molecular flexibility index (Phi) is 5.85. The predicted octanol–water partition coefficient (Wildman–Crippen LogP) is 2.80. The molecular formula is C12H14Cl2FNO2. The molecule has 1 amide bonds. The van der Waals surface area contributed by atoms with Crippen molar-refractivity contribution in [1.29, 1.82) is 0 Å². The Morgan fingerprint density at radius 3 is 2.83 bits per heavy atom. The van der Waals surface area contributed by atoms with Crippen LogP contribution in [0.1, 0.15) is 10.4 Å². The first kappa shape index (κ1) is 15.2. The van der Waals surface area contributed by atoms with E-state index in [4.69, 9.17) is 27.9 Å². The van der Waals surface area contributed by atoms with Gasteiger partial charge in [0.2, 0.25) is 0 Å². The molecule has 0 saturated carbocycles. The zero-order chi connectivity index (χ0) is 13.7. The number of methoxy groups -OCH3 is 1. The number of alkyl halides is 1. The average molecular weight is 294 g/mol. The molecule has 1 aromatic rings. The lowest BCUT2D eigenvalue weighted by Gasteiger charge is -2.20. The normalized spacial score (nSPS) is 12.3. The summed E-state index contributed by atoms with van der Waals surface area (Å²) < 4.78 is 18.4. The first-order valence-electron chi connectivity index (χ1n) is 5.29. The maximum atomic E-state index is 13.5. The largest absolute Gasteiger partial charge is 0.383 e. The van der Waals surface area contributed by atoms with Crippen LogP contribution < -0.4 is 0 Å². The molecule has 0 aliphatic carbocycles. The molecule has 0 radical (unpaired) electrons. The second-order valence-corrected chi connectivity index (χ2v) is 4.92. The van der Waals surface area contributed by atoms with Gasteiger partial charge in [0.1, 0.15) is 5.82 Å². The molecule has 1 unspecified atom stereocenters. The van der Waals surface area contributed by atoms with Crippen molar-refractivity contribution in [3.05, 3.63) is 34.6 Å². The topological polar surface area (TPSA) is 29.5 Å². The van der Waals surface area contributed by atoms with Gasteiger partial charge >= 0.3 is 0 Å². The minimum atomic E-state index is -0.603. The minimum Gasteiger partial charge on any atom is -0.383 e. The molecule has 3 nitrogen and oxygen atoms in total. The van der Waals surface area contributed by atoms with Gasteiger partial charge < -0.3 is 9.64 Å². The van der Waals surface area contributed by atoms with E-state index in [-0.39, 0.29) is 17.5 Å². The summed E-state index contributed by atoms with van der Waals surface area (Å²) >= 11 is 11.7. The summed E-state index contributed by atoms with van der Waals surface area (Å²) in [7, 11) is 3.07. The maximum Gasteiger partial charge on any atom is 0.256 e. The third-order valence-corrected chi connectivity index (χ3v) is 2.82. The lowest BCUT2D eigenvalue weighted by Crippen LogP contribution is -2.34. The van der Waals surface area contributed by atoms with E-state index in [0.29, 0.717) is 11.6 Å². The second-order valence-electron chi connectivity index (χ2n) is 3.86. The zero-order valence-electron chi connectivity index (χ0n) is 10.1. The number of rotatable bonds is 5. The van der Waals surface area contributed by atoms with Gasteiger partial charge in [0.05, 0.1) is 17.5 Å². The molecule has 100 valence electrons. The Bertz CT molecular complexity index is 429. The van der Waals surface area contributed by atoms with Crippen molar-refractivity contribution in [2.45, 2.75) is 5.38 Å². The van der Waals surface area contributed by atoms with Crippen molar-refractivity contribution in [1.82, 2.24) is 4.90 Å². The molecule has 0 N–H and O–H groups in total. The lowest BCUT2D eigenvalue weighted by atomic mass is 10.2. The van der Waals surface area contributed by atoms with Crippen LogP contribution in [0.4, 0.5) is 4.39 Å². The van der Waals surface area contributed by atoms with Crippen molar-refractivity contribution >= 4 is 29.1 Å². The van der Waals surface area contributed by atoms with Gasteiger partial charge in [-0.2, -0.15) is 0 Å². The monoisotopic (exact) mass is 293 g/mol. The van der Waals surface area contributed by atoms with E-state index in [2.05, 4.69) is 0 Å². The second kappa shape index (κ2) is 6.92. The van der Waals surface area contributed by atoms with Crippen LogP contribution in [-0.2, 0) is 4.74 Å². The summed E-state index contributed by atoms with van der Waals surface area (Å²) in [5.41, 5.74) is -0.0636. The molecule has 1 rings (SSSR count). The highest BCUT2D eigenvalue weighted by Crippen LogP contribution is 2.16. The smallest absolute Gasteiger partial charge is 0.256 e. The van der Waals surface area contributed by atoms with Gasteiger partial charge in [0, 0.05) is 25.7 Å². The van der Waals surface area contributed by atoms with Crippen LogP contribution >= 0.6 is 23.2 Å². The van der Waals surface area contributed by atoms with E-state index < -0.39 is 11.7 Å². The van der Waals surface area contributed by atoms with Crippen molar-refractivity contribution in [3.63, 3.8) is 0 Å². The van der Waals surface area contributed by atoms with Gasteiger partial charge in [-0.05, 0) is 18.2 Å². The van der Waals surface area contributed by atoms with Crippen molar-refractivity contribution in [3.8, 4) is 0 Å². The van der Waals surface area contributed by atoms with Gasteiger partial charge in [-0.3, -0.25) is 4.79 Å². The van der Waals surface area contributed by atoms with Crippen LogP contribution in [0.25, 0.3) is 0 Å². The van der Waals surface area contributed by atoms with Crippen LogP contribution in [0.3, 0.4) is 0 Å². The van der Waals surface area contributed by atoms with Crippen LogP contribution in [0.5, 0.6) is 0 Å². The molecule has 0 aliphatic heterocycles. The third-order valence-electron chi connectivity index (χ3n) is 2.32. The quantitative estimate of drug-likeness (QED) is 0.782. The molecule has 18 heavy (non-hydrogen) atoms. The fourth-order valence-electron chi connectivity index (χ4n) is 1.48. The Morgan fingerprint density at radius 1 is 1.56 bits per heavy atom. The molecule has 0 spiro atoms. The molecule has 0 saturated heterocycles. The Labute approximate surface area is 115 Å². The molecule has 0 aromatic heterocycles. The third kappa shape index (κ3) is 4.12. The SMILES string of the molecule is COCC(Cl)CN(C)C(=O)c1cc(Cl)ccc1F. The summed E-state index contributed by atoms with van der Waals surface area (Å²) in [6.45, 7) is 0.581. The molecule has 0 bridgehead atoms. The lowest BCUT2D eigenvalue weighted by molar-refractivity contribution is 0.0777. The van der Waals surface area contributed by atoms with Gasteiger partial charge in [-0.15, -0.1) is 11.6 Å². The van der Waals surface area contributed by atoms with E-state index in [0.717, 1.165) is 6.07 Å². The average Bonchev–Trinajstić information content (AvgIpc) is 2.31. The predicted molar refractivity (Wildman–Crippen MR) is 69.9 cm³/mol. The first-order valence-corrected chi connectivity index (χ1v) is 6.10. The van der Waals surface area contributed by atoms with E-state index in [9.17, 15) is 9.18 Å². The fourth-order valence-corrected chi connectivity index (χ4v) is 1.99. The van der Waals surface area contributed by atoms with Crippen LogP contribution in [0.2, 0.25) is 5.02 Å². The van der Waals surface area contributed by atoms with Crippen molar-refractivity contribution in [2.75, 3.05) is 27.3 Å². The van der Waals surface area contributed by atoms with E-state index in [1.165, 1.54) is 24.1 Å². The number of halogens is 3. The van der Waals surface area contributed by atoms with Crippen LogP contribution in [0.15, 0.2) is 18.2 Å². The summed E-state index contributed by atoms with van der Waals surface area (Å²) in [5.74, 6) is -1.06. The Hall–Kier alpha value is -0.840. The number of nitrogens with zero attached hydrogens (tertiary/aromatic N) is 1. The van der Waals surface area contributed by atoms with Gasteiger partial charge in [0.25, 0.3) is 5.91 Å². The van der Waals surface area contributed by atoms with Crippen molar-refractivity contribution < 1.29 is 13.9 Å². The number of carbonyl (C=O) groups is 1. The van der Waals surface area contributed by atoms with Gasteiger partial charge in [-0.1, -0.05) is 11.6 Å². The minimum absolute atomic E-state index is 0.0636. The Morgan fingerprint density at radius 2 is 2.22 bits per heavy atom. The van der Waals surface area contributed by atoms with Gasteiger partial charge in [-0.25, -0.2) is 4.39 Å². The molecule has 0 heterocycles. The zero-order valence-corrected chi connectivity index (χ0v) is 11.6. The fraction of sp³-hybridized carbons (Fsp3) is 0.417. The van der Waals surface area contributed by atoms with E-state index in [1.54, 1.807) is 7.05 Å². The van der Waals surface area contributed by atoms with Gasteiger partial charge in [0.15, 0.2) is 0 Å². The molecule has 6 heteroatoms. The van der Waals surface area contributed by atoms with E-state index >= 15 is 0 Å². The van der Waals surface area contributed by atoms with E-state index in [1.807, 2.05) is 0 Å².